The molecule has 0 bridgehead atoms. The molecule has 0 aliphatic carbocycles. The zero-order chi connectivity index (χ0) is 12.8. The summed E-state index contributed by atoms with van der Waals surface area (Å²) in [6.07, 6.45) is 1.77. The van der Waals surface area contributed by atoms with Crippen molar-refractivity contribution in [3.8, 4) is 0 Å². The summed E-state index contributed by atoms with van der Waals surface area (Å²) < 4.78 is 0. The van der Waals surface area contributed by atoms with E-state index in [2.05, 4.69) is 23.6 Å². The lowest BCUT2D eigenvalue weighted by Crippen LogP contribution is -2.38. The summed E-state index contributed by atoms with van der Waals surface area (Å²) in [7, 11) is 0. The highest BCUT2D eigenvalue weighted by Gasteiger charge is 2.19. The third kappa shape index (κ3) is 4.01. The second kappa shape index (κ2) is 7.17. The van der Waals surface area contributed by atoms with Gasteiger partial charge in [-0.05, 0) is 18.4 Å². The Bertz CT molecular complexity index is 344. The summed E-state index contributed by atoms with van der Waals surface area (Å²) in [6, 6.07) is 9.98. The molecule has 1 fully saturated rings. The van der Waals surface area contributed by atoms with Crippen LogP contribution in [0, 0.1) is 0 Å². The maximum absolute atomic E-state index is 10.1. The van der Waals surface area contributed by atoms with E-state index in [9.17, 15) is 5.11 Å². The molecule has 0 aromatic heterocycles. The number of nitrogens with zero attached hydrogens (tertiary/aromatic N) is 1. The molecule has 0 amide bonds. The van der Waals surface area contributed by atoms with Gasteiger partial charge in [0.15, 0.2) is 0 Å². The fourth-order valence-corrected chi connectivity index (χ4v) is 3.63. The summed E-state index contributed by atoms with van der Waals surface area (Å²) >= 11 is 2.09. The van der Waals surface area contributed by atoms with Crippen molar-refractivity contribution in [2.75, 3.05) is 25.4 Å². The minimum absolute atomic E-state index is 0.319. The molecule has 1 saturated heterocycles. The van der Waals surface area contributed by atoms with Gasteiger partial charge in [-0.15, -0.1) is 0 Å². The lowest BCUT2D eigenvalue weighted by molar-refractivity contribution is 0.143. The van der Waals surface area contributed by atoms with Crippen LogP contribution in [0.1, 0.15) is 31.4 Å². The van der Waals surface area contributed by atoms with Crippen LogP contribution in [0.25, 0.3) is 0 Å². The van der Waals surface area contributed by atoms with Gasteiger partial charge in [-0.2, -0.15) is 11.8 Å². The second-order valence-electron chi connectivity index (χ2n) is 4.92. The molecule has 0 radical (unpaired) electrons. The Morgan fingerprint density at radius 1 is 1.39 bits per heavy atom. The first-order chi connectivity index (χ1) is 8.79. The lowest BCUT2D eigenvalue weighted by atomic mass is 10.1. The number of aliphatic hydroxyl groups excluding tert-OH is 1. The number of hydrogen-bond acceptors (Lipinski definition) is 3. The Morgan fingerprint density at radius 3 is 2.89 bits per heavy atom. The first-order valence-electron chi connectivity index (χ1n) is 6.86. The van der Waals surface area contributed by atoms with Gasteiger partial charge in [0.05, 0.1) is 6.10 Å². The predicted octanol–water partition coefficient (Wildman–Crippen LogP) is 2.94. The Hall–Kier alpha value is -0.510. The summed E-state index contributed by atoms with van der Waals surface area (Å²) in [4.78, 5) is 2.50. The van der Waals surface area contributed by atoms with Crippen molar-refractivity contribution in [3.63, 3.8) is 0 Å². The van der Waals surface area contributed by atoms with E-state index in [1.165, 1.54) is 25.3 Å². The van der Waals surface area contributed by atoms with E-state index >= 15 is 0 Å². The van der Waals surface area contributed by atoms with Crippen molar-refractivity contribution in [3.05, 3.63) is 35.9 Å². The molecular weight excluding hydrogens is 242 g/mol. The van der Waals surface area contributed by atoms with Gasteiger partial charge in [0.1, 0.15) is 0 Å². The molecule has 1 N–H and O–H groups in total. The largest absolute Gasteiger partial charge is 0.388 e. The molecule has 2 rings (SSSR count). The number of thioether (sulfide) groups is 1. The number of aliphatic hydroxyl groups is 1. The van der Waals surface area contributed by atoms with E-state index in [1.807, 2.05) is 30.3 Å². The fraction of sp³-hybridized carbons (Fsp3) is 0.600. The molecule has 0 saturated carbocycles. The van der Waals surface area contributed by atoms with Crippen molar-refractivity contribution in [1.82, 2.24) is 4.90 Å². The quantitative estimate of drug-likeness (QED) is 0.885. The number of hydrogen-bond donors (Lipinski definition) is 1. The van der Waals surface area contributed by atoms with E-state index in [0.29, 0.717) is 0 Å². The Morgan fingerprint density at radius 2 is 2.17 bits per heavy atom. The average Bonchev–Trinajstić information content (AvgIpc) is 2.46. The number of benzene rings is 1. The summed E-state index contributed by atoms with van der Waals surface area (Å²) in [5.74, 6) is 1.24. The van der Waals surface area contributed by atoms with Crippen LogP contribution in [0.3, 0.4) is 0 Å². The fourth-order valence-electron chi connectivity index (χ4n) is 2.38. The van der Waals surface area contributed by atoms with Gasteiger partial charge in [-0.3, -0.25) is 0 Å². The van der Waals surface area contributed by atoms with Crippen LogP contribution < -0.4 is 0 Å². The van der Waals surface area contributed by atoms with Gasteiger partial charge >= 0.3 is 0 Å². The molecule has 1 aromatic carbocycles. The van der Waals surface area contributed by atoms with Crippen molar-refractivity contribution in [2.24, 2.45) is 0 Å². The molecule has 1 aliphatic heterocycles. The Labute approximate surface area is 114 Å². The second-order valence-corrected chi connectivity index (χ2v) is 6.33. The van der Waals surface area contributed by atoms with Crippen molar-refractivity contribution < 1.29 is 5.11 Å². The molecule has 1 heterocycles. The molecule has 1 aliphatic rings. The Balaban J connectivity index is 1.77. The minimum Gasteiger partial charge on any atom is -0.388 e. The van der Waals surface area contributed by atoms with Crippen LogP contribution in [0.2, 0.25) is 0 Å². The SMILES string of the molecule is CCC1CN(CCC(O)c2ccccc2)CCS1. The van der Waals surface area contributed by atoms with E-state index in [1.54, 1.807) is 0 Å². The normalized spacial score (nSPS) is 22.9. The average molecular weight is 265 g/mol. The van der Waals surface area contributed by atoms with Gasteiger partial charge < -0.3 is 10.0 Å². The minimum atomic E-state index is -0.319. The molecular formula is C15H23NOS. The van der Waals surface area contributed by atoms with Crippen LogP contribution in [0.4, 0.5) is 0 Å². The first kappa shape index (κ1) is 13.9. The van der Waals surface area contributed by atoms with Crippen LogP contribution in [-0.2, 0) is 0 Å². The van der Waals surface area contributed by atoms with E-state index < -0.39 is 0 Å². The van der Waals surface area contributed by atoms with Gasteiger partial charge in [0.25, 0.3) is 0 Å². The maximum atomic E-state index is 10.1. The van der Waals surface area contributed by atoms with Crippen molar-refractivity contribution >= 4 is 11.8 Å². The molecule has 2 nitrogen and oxygen atoms in total. The molecule has 1 aromatic rings. The highest BCUT2D eigenvalue weighted by atomic mass is 32.2. The first-order valence-corrected chi connectivity index (χ1v) is 7.91. The molecule has 100 valence electrons. The summed E-state index contributed by atoms with van der Waals surface area (Å²) in [5.41, 5.74) is 1.04. The third-order valence-corrected chi connectivity index (χ3v) is 4.95. The molecule has 0 spiro atoms. The van der Waals surface area contributed by atoms with Gasteiger partial charge in [0.2, 0.25) is 0 Å². The Kier molecular flexibility index (Phi) is 5.54. The zero-order valence-electron chi connectivity index (χ0n) is 11.1. The van der Waals surface area contributed by atoms with E-state index in [-0.39, 0.29) is 6.10 Å². The smallest absolute Gasteiger partial charge is 0.0802 e. The van der Waals surface area contributed by atoms with Crippen LogP contribution >= 0.6 is 11.8 Å². The highest BCUT2D eigenvalue weighted by Crippen LogP contribution is 2.23. The van der Waals surface area contributed by atoms with E-state index in [4.69, 9.17) is 0 Å². The monoisotopic (exact) mass is 265 g/mol. The standard InChI is InChI=1S/C15H23NOS/c1-2-14-12-16(10-11-18-14)9-8-15(17)13-6-4-3-5-7-13/h3-7,14-15,17H,2,8-12H2,1H3. The van der Waals surface area contributed by atoms with Crippen molar-refractivity contribution in [2.45, 2.75) is 31.1 Å². The van der Waals surface area contributed by atoms with Gasteiger partial charge in [-0.1, -0.05) is 37.3 Å². The van der Waals surface area contributed by atoms with Crippen LogP contribution in [0.15, 0.2) is 30.3 Å². The third-order valence-electron chi connectivity index (χ3n) is 3.58. The maximum Gasteiger partial charge on any atom is 0.0802 e. The molecule has 2 atom stereocenters. The van der Waals surface area contributed by atoms with Crippen LogP contribution in [-0.4, -0.2) is 40.6 Å². The topological polar surface area (TPSA) is 23.5 Å². The van der Waals surface area contributed by atoms with Crippen molar-refractivity contribution in [1.29, 1.82) is 0 Å². The molecule has 3 heteroatoms. The van der Waals surface area contributed by atoms with E-state index in [0.717, 1.165) is 23.8 Å². The molecule has 2 unspecified atom stereocenters. The van der Waals surface area contributed by atoms with Crippen LogP contribution in [0.5, 0.6) is 0 Å². The molecule has 18 heavy (non-hydrogen) atoms. The van der Waals surface area contributed by atoms with Gasteiger partial charge in [-0.25, -0.2) is 0 Å². The highest BCUT2D eigenvalue weighted by molar-refractivity contribution is 8.00. The summed E-state index contributed by atoms with van der Waals surface area (Å²) in [5, 5.41) is 10.9. The zero-order valence-corrected chi connectivity index (χ0v) is 11.9. The number of rotatable bonds is 5. The lowest BCUT2D eigenvalue weighted by Gasteiger charge is -2.32. The van der Waals surface area contributed by atoms with Gasteiger partial charge in [0, 0.05) is 30.6 Å². The predicted molar refractivity (Wildman–Crippen MR) is 79.0 cm³/mol. The summed E-state index contributed by atoms with van der Waals surface area (Å²) in [6.45, 7) is 5.62.